The number of hydrogen-bond donors (Lipinski definition) is 0. The van der Waals surface area contributed by atoms with Crippen molar-refractivity contribution in [3.05, 3.63) is 81.8 Å². The van der Waals surface area contributed by atoms with Gasteiger partial charge in [-0.05, 0) is 79.3 Å². The van der Waals surface area contributed by atoms with Gasteiger partial charge in [-0.1, -0.05) is 68.1 Å². The quantitative estimate of drug-likeness (QED) is 0.303. The third kappa shape index (κ3) is 6.91. The van der Waals surface area contributed by atoms with E-state index in [1.54, 1.807) is 11.8 Å². The standard InChI is InChI=1S/C27H36N2S/c1-9-29(8)18-28-27-16-21(5)26(15-22(27)6)14-20(4)17-30-23(7)25-12-10-24(11-13-25)19(2)3/h10-13,15-19H,7,9,14H2,1-6,8H3/b20-17+,28-18?. The highest BCUT2D eigenvalue weighted by Crippen LogP contribution is 2.30. The van der Waals surface area contributed by atoms with E-state index in [1.165, 1.54) is 33.4 Å². The number of hydrogen-bond acceptors (Lipinski definition) is 2. The van der Waals surface area contributed by atoms with Crippen LogP contribution in [0.25, 0.3) is 4.91 Å². The van der Waals surface area contributed by atoms with Crippen LogP contribution in [0, 0.1) is 13.8 Å². The van der Waals surface area contributed by atoms with Gasteiger partial charge in [0.25, 0.3) is 0 Å². The average molecular weight is 421 g/mol. The van der Waals surface area contributed by atoms with E-state index in [0.29, 0.717) is 5.92 Å². The van der Waals surface area contributed by atoms with Crippen LogP contribution in [0.3, 0.4) is 0 Å². The molecule has 2 aromatic carbocycles. The van der Waals surface area contributed by atoms with Gasteiger partial charge in [0.05, 0.1) is 12.0 Å². The molecule has 0 bridgehead atoms. The molecule has 3 heteroatoms. The van der Waals surface area contributed by atoms with Crippen LogP contribution >= 0.6 is 11.8 Å². The van der Waals surface area contributed by atoms with Crippen LogP contribution in [0.1, 0.15) is 61.4 Å². The minimum Gasteiger partial charge on any atom is -0.366 e. The van der Waals surface area contributed by atoms with Crippen LogP contribution in [0.5, 0.6) is 0 Å². The number of aryl methyl sites for hydroxylation is 2. The summed E-state index contributed by atoms with van der Waals surface area (Å²) in [7, 11) is 2.04. The fraction of sp³-hybridized carbons (Fsp3) is 0.370. The molecule has 2 rings (SSSR count). The minimum absolute atomic E-state index is 0.554. The van der Waals surface area contributed by atoms with Gasteiger partial charge in [-0.15, -0.1) is 0 Å². The summed E-state index contributed by atoms with van der Waals surface area (Å²) in [5.74, 6) is 0.554. The Labute approximate surface area is 187 Å². The van der Waals surface area contributed by atoms with Crippen molar-refractivity contribution in [3.8, 4) is 0 Å². The van der Waals surface area contributed by atoms with Gasteiger partial charge in [0.15, 0.2) is 0 Å². The van der Waals surface area contributed by atoms with E-state index in [2.05, 4.69) is 99.8 Å². The number of thioether (sulfide) groups is 1. The summed E-state index contributed by atoms with van der Waals surface area (Å²) in [5, 5.41) is 2.23. The van der Waals surface area contributed by atoms with Gasteiger partial charge >= 0.3 is 0 Å². The van der Waals surface area contributed by atoms with E-state index in [9.17, 15) is 0 Å². The summed E-state index contributed by atoms with van der Waals surface area (Å²) in [6.07, 6.45) is 2.85. The van der Waals surface area contributed by atoms with Gasteiger partial charge in [0, 0.05) is 18.5 Å². The first-order valence-corrected chi connectivity index (χ1v) is 11.5. The monoisotopic (exact) mass is 420 g/mol. The SMILES string of the molecule is C=C(S/C=C(\C)Cc1cc(C)c(N=CN(C)CC)cc1C)c1ccc(C(C)C)cc1. The molecule has 0 aromatic heterocycles. The zero-order valence-electron chi connectivity index (χ0n) is 19.6. The highest BCUT2D eigenvalue weighted by Gasteiger charge is 2.06. The predicted octanol–water partition coefficient (Wildman–Crippen LogP) is 7.89. The highest BCUT2D eigenvalue weighted by molar-refractivity contribution is 8.10. The van der Waals surface area contributed by atoms with Crippen molar-refractivity contribution in [1.82, 2.24) is 4.90 Å². The molecule has 2 aromatic rings. The van der Waals surface area contributed by atoms with Crippen LogP contribution in [0.15, 0.2) is 59.0 Å². The molecular weight excluding hydrogens is 384 g/mol. The maximum Gasteiger partial charge on any atom is 0.0909 e. The van der Waals surface area contributed by atoms with Gasteiger partial charge in [0.2, 0.25) is 0 Å². The van der Waals surface area contributed by atoms with E-state index >= 15 is 0 Å². The molecule has 0 heterocycles. The maximum absolute atomic E-state index is 4.64. The third-order valence-electron chi connectivity index (χ3n) is 5.32. The second-order valence-corrected chi connectivity index (χ2v) is 9.31. The maximum atomic E-state index is 4.64. The van der Waals surface area contributed by atoms with E-state index in [-0.39, 0.29) is 0 Å². The van der Waals surface area contributed by atoms with Crippen molar-refractivity contribution < 1.29 is 0 Å². The Hall–Kier alpha value is -2.26. The lowest BCUT2D eigenvalue weighted by Crippen LogP contribution is -2.14. The van der Waals surface area contributed by atoms with E-state index in [4.69, 9.17) is 0 Å². The molecule has 0 atom stereocenters. The second kappa shape index (κ2) is 11.2. The Morgan fingerprint density at radius 2 is 1.80 bits per heavy atom. The van der Waals surface area contributed by atoms with Crippen LogP contribution in [-0.2, 0) is 6.42 Å². The zero-order chi connectivity index (χ0) is 22.3. The van der Waals surface area contributed by atoms with Crippen molar-refractivity contribution >= 4 is 28.7 Å². The van der Waals surface area contributed by atoms with Crippen LogP contribution in [0.2, 0.25) is 0 Å². The Bertz CT molecular complexity index is 921. The van der Waals surface area contributed by atoms with Gasteiger partial charge in [-0.3, -0.25) is 0 Å². The fourth-order valence-corrected chi connectivity index (χ4v) is 3.77. The van der Waals surface area contributed by atoms with Crippen LogP contribution < -0.4 is 0 Å². The molecule has 0 amide bonds. The minimum atomic E-state index is 0.554. The molecule has 0 spiro atoms. The van der Waals surface area contributed by atoms with E-state index in [1.807, 2.05) is 13.4 Å². The zero-order valence-corrected chi connectivity index (χ0v) is 20.4. The molecular formula is C27H36N2S. The van der Waals surface area contributed by atoms with Crippen molar-refractivity contribution in [1.29, 1.82) is 0 Å². The molecule has 0 radical (unpaired) electrons. The summed E-state index contributed by atoms with van der Waals surface area (Å²) in [5.41, 5.74) is 8.80. The molecule has 0 saturated heterocycles. The molecule has 0 unspecified atom stereocenters. The number of aliphatic imine (C=N–C) groups is 1. The Kier molecular flexibility index (Phi) is 8.98. The van der Waals surface area contributed by atoms with E-state index in [0.717, 1.165) is 23.6 Å². The predicted molar refractivity (Wildman–Crippen MR) is 137 cm³/mol. The molecule has 0 N–H and O–H groups in total. The van der Waals surface area contributed by atoms with Crippen molar-refractivity contribution in [2.24, 2.45) is 4.99 Å². The highest BCUT2D eigenvalue weighted by atomic mass is 32.2. The molecule has 0 saturated carbocycles. The summed E-state index contributed by atoms with van der Waals surface area (Å²) < 4.78 is 0. The first kappa shape index (κ1) is 24.0. The summed E-state index contributed by atoms with van der Waals surface area (Å²) in [6, 6.07) is 13.2. The Balaban J connectivity index is 2.05. The lowest BCUT2D eigenvalue weighted by Gasteiger charge is -2.12. The number of nitrogens with zero attached hydrogens (tertiary/aromatic N) is 2. The van der Waals surface area contributed by atoms with Gasteiger partial charge < -0.3 is 4.90 Å². The average Bonchev–Trinajstić information content (AvgIpc) is 2.73. The van der Waals surface area contributed by atoms with Crippen molar-refractivity contribution in [3.63, 3.8) is 0 Å². The molecule has 0 aliphatic rings. The second-order valence-electron chi connectivity index (χ2n) is 8.34. The first-order chi connectivity index (χ1) is 14.2. The molecule has 30 heavy (non-hydrogen) atoms. The number of rotatable bonds is 9. The first-order valence-electron chi connectivity index (χ1n) is 10.7. The largest absolute Gasteiger partial charge is 0.366 e. The molecule has 0 aliphatic heterocycles. The van der Waals surface area contributed by atoms with Crippen molar-refractivity contribution in [2.45, 2.75) is 53.9 Å². The van der Waals surface area contributed by atoms with Gasteiger partial charge in [-0.2, -0.15) is 0 Å². The van der Waals surface area contributed by atoms with Gasteiger partial charge in [0.1, 0.15) is 0 Å². The summed E-state index contributed by atoms with van der Waals surface area (Å²) in [4.78, 5) is 7.80. The molecule has 2 nitrogen and oxygen atoms in total. The normalized spacial score (nSPS) is 12.1. The van der Waals surface area contributed by atoms with Crippen LogP contribution in [-0.4, -0.2) is 24.8 Å². The number of allylic oxidation sites excluding steroid dienone is 1. The van der Waals surface area contributed by atoms with Crippen LogP contribution in [0.4, 0.5) is 5.69 Å². The topological polar surface area (TPSA) is 15.6 Å². The lowest BCUT2D eigenvalue weighted by molar-refractivity contribution is 0.552. The van der Waals surface area contributed by atoms with Gasteiger partial charge in [-0.25, -0.2) is 4.99 Å². The molecule has 0 aliphatic carbocycles. The van der Waals surface area contributed by atoms with E-state index < -0.39 is 0 Å². The summed E-state index contributed by atoms with van der Waals surface area (Å²) in [6.45, 7) is 18.3. The molecule has 0 fully saturated rings. The Morgan fingerprint density at radius 3 is 2.40 bits per heavy atom. The van der Waals surface area contributed by atoms with Crippen molar-refractivity contribution in [2.75, 3.05) is 13.6 Å². The molecule has 160 valence electrons. The Morgan fingerprint density at radius 1 is 1.13 bits per heavy atom. The number of benzene rings is 2. The smallest absolute Gasteiger partial charge is 0.0909 e. The third-order valence-corrected chi connectivity index (χ3v) is 6.36. The fourth-order valence-electron chi connectivity index (χ4n) is 3.07. The lowest BCUT2D eigenvalue weighted by atomic mass is 9.99. The summed E-state index contributed by atoms with van der Waals surface area (Å²) >= 11 is 1.71.